The van der Waals surface area contributed by atoms with Gasteiger partial charge in [-0.15, -0.1) is 11.3 Å². The van der Waals surface area contributed by atoms with Gasteiger partial charge in [-0.1, -0.05) is 18.2 Å². The van der Waals surface area contributed by atoms with E-state index >= 15 is 0 Å². The van der Waals surface area contributed by atoms with Gasteiger partial charge in [0.2, 0.25) is 5.72 Å². The Labute approximate surface area is 149 Å². The van der Waals surface area contributed by atoms with Gasteiger partial charge in [0.25, 0.3) is 0 Å². The summed E-state index contributed by atoms with van der Waals surface area (Å²) in [5.41, 5.74) is -3.62. The first-order chi connectivity index (χ1) is 12.1. The second-order valence-corrected chi connectivity index (χ2v) is 6.70. The zero-order valence-electron chi connectivity index (χ0n) is 12.9. The van der Waals surface area contributed by atoms with Crippen LogP contribution in [0.25, 0.3) is 0 Å². The highest BCUT2D eigenvalue weighted by Gasteiger charge is 2.66. The van der Waals surface area contributed by atoms with E-state index in [-0.39, 0.29) is 16.2 Å². The number of alkyl halides is 3. The van der Waals surface area contributed by atoms with Crippen molar-refractivity contribution in [2.45, 2.75) is 17.9 Å². The van der Waals surface area contributed by atoms with Gasteiger partial charge in [-0.05, 0) is 29.1 Å². The molecule has 1 saturated heterocycles. The number of Topliss-reactive ketones (excluding diaryl/α,β-unsaturated/α-hetero) is 1. The average molecular weight is 386 g/mol. The normalized spacial score (nSPS) is 26.1. The maximum absolute atomic E-state index is 13.6. The third-order valence-electron chi connectivity index (χ3n) is 4.10. The lowest BCUT2D eigenvalue weighted by Crippen LogP contribution is -2.72. The predicted molar refractivity (Wildman–Crippen MR) is 85.7 cm³/mol. The Bertz CT molecular complexity index is 823. The largest absolute Gasteiger partial charge is 0.508 e. The fourth-order valence-corrected chi connectivity index (χ4v) is 3.57. The number of aliphatic hydroxyl groups is 1. The number of carbonyl (C=O) groups excluding carboxylic acids is 2. The summed E-state index contributed by atoms with van der Waals surface area (Å²) >= 11 is 0.928. The lowest BCUT2D eigenvalue weighted by atomic mass is 9.78. The van der Waals surface area contributed by atoms with E-state index in [1.807, 2.05) is 0 Å². The third-order valence-corrected chi connectivity index (χ3v) is 4.99. The van der Waals surface area contributed by atoms with Crippen LogP contribution in [-0.2, 0) is 0 Å². The van der Waals surface area contributed by atoms with Crippen LogP contribution in [0.3, 0.4) is 0 Å². The zero-order chi connectivity index (χ0) is 19.1. The molecule has 0 radical (unpaired) electrons. The summed E-state index contributed by atoms with van der Waals surface area (Å²) in [7, 11) is 0. The first-order valence-electron chi connectivity index (χ1n) is 7.38. The van der Waals surface area contributed by atoms with Crippen LogP contribution in [0.15, 0.2) is 41.8 Å². The third kappa shape index (κ3) is 3.01. The quantitative estimate of drug-likeness (QED) is 0.610. The molecule has 138 valence electrons. The molecule has 0 bridgehead atoms. The molecule has 26 heavy (non-hydrogen) atoms. The molecular formula is C16H13F3N2O4S. The fourth-order valence-electron chi connectivity index (χ4n) is 2.87. The maximum Gasteiger partial charge on any atom is 0.437 e. The highest BCUT2D eigenvalue weighted by atomic mass is 32.1. The molecule has 6 nitrogen and oxygen atoms in total. The van der Waals surface area contributed by atoms with Crippen molar-refractivity contribution < 1.29 is 33.0 Å². The second-order valence-electron chi connectivity index (χ2n) is 5.75. The molecule has 1 fully saturated rings. The highest BCUT2D eigenvalue weighted by molar-refractivity contribution is 7.12. The summed E-state index contributed by atoms with van der Waals surface area (Å²) in [6.45, 7) is 0. The van der Waals surface area contributed by atoms with E-state index < -0.39 is 35.7 Å². The lowest BCUT2D eigenvalue weighted by molar-refractivity contribution is -0.287. The molecule has 2 amide bonds. The molecule has 0 saturated carbocycles. The summed E-state index contributed by atoms with van der Waals surface area (Å²) in [4.78, 5) is 24.6. The van der Waals surface area contributed by atoms with Crippen molar-refractivity contribution in [3.63, 3.8) is 0 Å². The Hall–Kier alpha value is -2.59. The van der Waals surface area contributed by atoms with E-state index in [0.29, 0.717) is 0 Å². The van der Waals surface area contributed by atoms with Gasteiger partial charge in [-0.2, -0.15) is 13.2 Å². The van der Waals surface area contributed by atoms with Crippen molar-refractivity contribution in [3.8, 4) is 5.75 Å². The number of hydrogen-bond donors (Lipinski definition) is 4. The number of amides is 2. The number of carbonyl (C=O) groups is 2. The van der Waals surface area contributed by atoms with Gasteiger partial charge in [0, 0.05) is 0 Å². The molecule has 10 heteroatoms. The van der Waals surface area contributed by atoms with Crippen LogP contribution in [-0.4, -0.2) is 33.9 Å². The van der Waals surface area contributed by atoms with E-state index in [9.17, 15) is 33.0 Å². The minimum absolute atomic E-state index is 0.0133. The monoisotopic (exact) mass is 386 g/mol. The number of thiophene rings is 1. The Kier molecular flexibility index (Phi) is 4.41. The molecule has 0 aliphatic carbocycles. The maximum atomic E-state index is 13.6. The van der Waals surface area contributed by atoms with Crippen LogP contribution < -0.4 is 10.6 Å². The number of hydrogen-bond acceptors (Lipinski definition) is 5. The number of halogens is 3. The Balaban J connectivity index is 2.14. The van der Waals surface area contributed by atoms with E-state index in [4.69, 9.17) is 0 Å². The lowest BCUT2D eigenvalue weighted by Gasteiger charge is -2.44. The van der Waals surface area contributed by atoms with E-state index in [2.05, 4.69) is 5.32 Å². The molecule has 1 aromatic carbocycles. The van der Waals surface area contributed by atoms with E-state index in [0.717, 1.165) is 11.3 Å². The van der Waals surface area contributed by atoms with E-state index in [1.54, 1.807) is 0 Å². The SMILES string of the molecule is O=C1N[C@@H](c2ccc(O)cc2)[C@H](C(=O)c2cccs2)[C@@](O)(C(F)(F)F)N1. The predicted octanol–water partition coefficient (Wildman–Crippen LogP) is 2.56. The van der Waals surface area contributed by atoms with Gasteiger partial charge in [-0.25, -0.2) is 4.79 Å². The first-order valence-corrected chi connectivity index (χ1v) is 8.26. The van der Waals surface area contributed by atoms with Gasteiger partial charge in [0.15, 0.2) is 5.78 Å². The van der Waals surface area contributed by atoms with Crippen LogP contribution in [0.5, 0.6) is 5.75 Å². The second kappa shape index (κ2) is 6.29. The molecule has 2 aromatic rings. The molecule has 1 aliphatic heterocycles. The topological polar surface area (TPSA) is 98.7 Å². The number of aromatic hydroxyl groups is 1. The number of benzene rings is 1. The molecular weight excluding hydrogens is 373 g/mol. The van der Waals surface area contributed by atoms with Crippen molar-refractivity contribution in [1.82, 2.24) is 10.6 Å². The Morgan fingerprint density at radius 2 is 1.85 bits per heavy atom. The molecule has 1 aromatic heterocycles. The summed E-state index contributed by atoms with van der Waals surface area (Å²) in [5.74, 6) is -3.17. The van der Waals surface area contributed by atoms with Crippen LogP contribution in [0.4, 0.5) is 18.0 Å². The van der Waals surface area contributed by atoms with Gasteiger partial charge in [-0.3, -0.25) is 4.79 Å². The van der Waals surface area contributed by atoms with Crippen LogP contribution >= 0.6 is 11.3 Å². The number of nitrogens with one attached hydrogen (secondary N) is 2. The van der Waals surface area contributed by atoms with Crippen LogP contribution in [0.1, 0.15) is 21.3 Å². The molecule has 0 unspecified atom stereocenters. The fraction of sp³-hybridized carbons (Fsp3) is 0.250. The van der Waals surface area contributed by atoms with Gasteiger partial charge < -0.3 is 20.8 Å². The Morgan fingerprint density at radius 3 is 2.38 bits per heavy atom. The van der Waals surface area contributed by atoms with Crippen molar-refractivity contribution >= 4 is 23.2 Å². The number of rotatable bonds is 3. The van der Waals surface area contributed by atoms with Gasteiger partial charge in [0.05, 0.1) is 10.9 Å². The van der Waals surface area contributed by atoms with Crippen molar-refractivity contribution in [2.75, 3.05) is 0 Å². The van der Waals surface area contributed by atoms with Crippen molar-refractivity contribution in [3.05, 3.63) is 52.2 Å². The van der Waals surface area contributed by atoms with Gasteiger partial charge in [0.1, 0.15) is 11.7 Å². The summed E-state index contributed by atoms with van der Waals surface area (Å²) in [6, 6.07) is 5.09. The number of phenolic OH excluding ortho intramolecular Hbond substituents is 1. The van der Waals surface area contributed by atoms with Crippen molar-refractivity contribution in [2.24, 2.45) is 5.92 Å². The summed E-state index contributed by atoms with van der Waals surface area (Å²) in [6.07, 6.45) is -5.29. The number of urea groups is 1. The molecule has 0 spiro atoms. The Morgan fingerprint density at radius 1 is 1.19 bits per heavy atom. The average Bonchev–Trinajstić information content (AvgIpc) is 3.08. The van der Waals surface area contributed by atoms with Crippen LogP contribution in [0.2, 0.25) is 0 Å². The summed E-state index contributed by atoms with van der Waals surface area (Å²) in [5, 5.41) is 24.9. The van der Waals surface area contributed by atoms with Gasteiger partial charge >= 0.3 is 12.2 Å². The smallest absolute Gasteiger partial charge is 0.437 e. The minimum Gasteiger partial charge on any atom is -0.508 e. The summed E-state index contributed by atoms with van der Waals surface area (Å²) < 4.78 is 40.9. The molecule has 3 rings (SSSR count). The highest BCUT2D eigenvalue weighted by Crippen LogP contribution is 2.44. The standard InChI is InChI=1S/C16H13F3N2O4S/c17-16(18,19)15(25)11(13(23)10-2-1-7-26-10)12(20-14(24)21-15)8-3-5-9(22)6-4-8/h1-7,11-12,22,25H,(H2,20,21,24)/t11-,12+,15-/m1/s1. The van der Waals surface area contributed by atoms with Crippen LogP contribution in [0, 0.1) is 5.92 Å². The minimum atomic E-state index is -5.29. The molecule has 3 atom stereocenters. The molecule has 2 heterocycles. The number of phenols is 1. The zero-order valence-corrected chi connectivity index (χ0v) is 13.8. The van der Waals surface area contributed by atoms with E-state index in [1.165, 1.54) is 47.1 Å². The molecule has 1 aliphatic rings. The number of ketones is 1. The van der Waals surface area contributed by atoms with Crippen molar-refractivity contribution in [1.29, 1.82) is 0 Å². The molecule has 4 N–H and O–H groups in total. The first kappa shape index (κ1) is 18.2.